The Labute approximate surface area is 135 Å². The average Bonchev–Trinajstić information content (AvgIpc) is 2.83. The molecule has 2 unspecified atom stereocenters. The molecule has 0 radical (unpaired) electrons. The Morgan fingerprint density at radius 2 is 1.87 bits per heavy atom. The van der Waals surface area contributed by atoms with Crippen LogP contribution >= 0.6 is 0 Å². The molecule has 6 heteroatoms. The van der Waals surface area contributed by atoms with Gasteiger partial charge in [-0.25, -0.2) is 0 Å². The molecule has 0 bridgehead atoms. The Kier molecular flexibility index (Phi) is 4.69. The summed E-state index contributed by atoms with van der Waals surface area (Å²) in [5.41, 5.74) is 0.778. The Bertz CT molecular complexity index is 578. The second-order valence-corrected chi connectivity index (χ2v) is 6.17. The van der Waals surface area contributed by atoms with E-state index in [2.05, 4.69) is 10.3 Å². The number of rotatable bonds is 5. The first-order chi connectivity index (χ1) is 11.2. The van der Waals surface area contributed by atoms with Crippen LogP contribution in [0.2, 0.25) is 0 Å². The lowest BCUT2D eigenvalue weighted by Gasteiger charge is -2.19. The highest BCUT2D eigenvalue weighted by atomic mass is 16.2. The van der Waals surface area contributed by atoms with Crippen molar-refractivity contribution < 1.29 is 14.4 Å². The number of imide groups is 1. The molecule has 0 spiro atoms. The van der Waals surface area contributed by atoms with Crippen molar-refractivity contribution in [1.82, 2.24) is 15.2 Å². The molecular weight excluding hydrogens is 294 g/mol. The van der Waals surface area contributed by atoms with Crippen LogP contribution < -0.4 is 5.32 Å². The number of nitrogens with one attached hydrogen (secondary N) is 1. The molecule has 1 N–H and O–H groups in total. The van der Waals surface area contributed by atoms with Gasteiger partial charge < -0.3 is 5.32 Å². The minimum Gasteiger partial charge on any atom is -0.350 e. The normalized spacial score (nSPS) is 23.7. The lowest BCUT2D eigenvalue weighted by Crippen LogP contribution is -2.35. The van der Waals surface area contributed by atoms with E-state index in [1.807, 2.05) is 18.2 Å². The standard InChI is InChI=1S/C17H21N3O3/c21-15(19-11-12-5-3-4-9-18-12)8-10-20-16(22)13-6-1-2-7-14(13)17(20)23/h3-5,9,13-14H,1-2,6-8,10-11H2,(H,19,21). The van der Waals surface area contributed by atoms with Crippen molar-refractivity contribution in [3.8, 4) is 0 Å². The van der Waals surface area contributed by atoms with E-state index >= 15 is 0 Å². The summed E-state index contributed by atoms with van der Waals surface area (Å²) in [5, 5.41) is 2.76. The molecular formula is C17H21N3O3. The first-order valence-corrected chi connectivity index (χ1v) is 8.18. The van der Waals surface area contributed by atoms with E-state index in [0.29, 0.717) is 6.54 Å². The van der Waals surface area contributed by atoms with E-state index < -0.39 is 0 Å². The van der Waals surface area contributed by atoms with E-state index in [4.69, 9.17) is 0 Å². The summed E-state index contributed by atoms with van der Waals surface area (Å²) in [6.45, 7) is 0.533. The highest BCUT2D eigenvalue weighted by Crippen LogP contribution is 2.37. The second kappa shape index (κ2) is 6.89. The topological polar surface area (TPSA) is 79.4 Å². The molecule has 3 rings (SSSR count). The first kappa shape index (κ1) is 15.6. The maximum absolute atomic E-state index is 12.3. The molecule has 2 aliphatic rings. The maximum atomic E-state index is 12.3. The monoisotopic (exact) mass is 315 g/mol. The fourth-order valence-corrected chi connectivity index (χ4v) is 3.44. The number of nitrogens with zero attached hydrogens (tertiary/aromatic N) is 2. The summed E-state index contributed by atoms with van der Waals surface area (Å²) in [6.07, 6.45) is 5.45. The van der Waals surface area contributed by atoms with Crippen LogP contribution in [0.15, 0.2) is 24.4 Å². The van der Waals surface area contributed by atoms with Gasteiger partial charge in [-0.15, -0.1) is 0 Å². The van der Waals surface area contributed by atoms with Gasteiger partial charge in [0.15, 0.2) is 0 Å². The largest absolute Gasteiger partial charge is 0.350 e. The number of aromatic nitrogens is 1. The van der Waals surface area contributed by atoms with Crippen molar-refractivity contribution >= 4 is 17.7 Å². The van der Waals surface area contributed by atoms with Crippen molar-refractivity contribution in [2.24, 2.45) is 11.8 Å². The zero-order valence-electron chi connectivity index (χ0n) is 13.0. The van der Waals surface area contributed by atoms with Gasteiger partial charge in [-0.2, -0.15) is 0 Å². The van der Waals surface area contributed by atoms with Crippen LogP contribution in [0.1, 0.15) is 37.8 Å². The number of hydrogen-bond donors (Lipinski definition) is 1. The van der Waals surface area contributed by atoms with Crippen molar-refractivity contribution in [2.45, 2.75) is 38.6 Å². The van der Waals surface area contributed by atoms with Gasteiger partial charge in [-0.1, -0.05) is 18.9 Å². The third kappa shape index (κ3) is 3.41. The van der Waals surface area contributed by atoms with E-state index in [9.17, 15) is 14.4 Å². The van der Waals surface area contributed by atoms with Crippen LogP contribution in [0.5, 0.6) is 0 Å². The summed E-state index contributed by atoms with van der Waals surface area (Å²) >= 11 is 0. The van der Waals surface area contributed by atoms with Crippen molar-refractivity contribution in [3.05, 3.63) is 30.1 Å². The minimum atomic E-state index is -0.175. The minimum absolute atomic E-state index is 0.0859. The molecule has 6 nitrogen and oxygen atoms in total. The van der Waals surface area contributed by atoms with Gasteiger partial charge in [0.2, 0.25) is 17.7 Å². The van der Waals surface area contributed by atoms with Gasteiger partial charge in [-0.05, 0) is 25.0 Å². The second-order valence-electron chi connectivity index (χ2n) is 6.17. The average molecular weight is 315 g/mol. The summed E-state index contributed by atoms with van der Waals surface area (Å²) in [4.78, 5) is 41.9. The number of hydrogen-bond acceptors (Lipinski definition) is 4. The lowest BCUT2D eigenvalue weighted by atomic mass is 9.81. The molecule has 0 aromatic carbocycles. The number of carbonyl (C=O) groups is 3. The van der Waals surface area contributed by atoms with Gasteiger partial charge in [0.1, 0.15) is 0 Å². The zero-order valence-corrected chi connectivity index (χ0v) is 13.0. The third-order valence-corrected chi connectivity index (χ3v) is 4.69. The molecule has 2 fully saturated rings. The quantitative estimate of drug-likeness (QED) is 0.830. The van der Waals surface area contributed by atoms with Crippen LogP contribution in [-0.4, -0.2) is 34.2 Å². The summed E-state index contributed by atoms with van der Waals surface area (Å²) in [5.74, 6) is -0.638. The number of pyridine rings is 1. The van der Waals surface area contributed by atoms with Crippen LogP contribution in [0.25, 0.3) is 0 Å². The Hall–Kier alpha value is -2.24. The van der Waals surface area contributed by atoms with Gasteiger partial charge in [-0.3, -0.25) is 24.3 Å². The predicted octanol–water partition coefficient (Wildman–Crippen LogP) is 1.26. The van der Waals surface area contributed by atoms with Crippen LogP contribution in [-0.2, 0) is 20.9 Å². The molecule has 1 aliphatic carbocycles. The molecule has 2 heterocycles. The molecule has 3 amide bonds. The van der Waals surface area contributed by atoms with Crippen LogP contribution in [0.3, 0.4) is 0 Å². The molecule has 1 aliphatic heterocycles. The van der Waals surface area contributed by atoms with Gasteiger partial charge in [0, 0.05) is 19.2 Å². The predicted molar refractivity (Wildman–Crippen MR) is 82.9 cm³/mol. The van der Waals surface area contributed by atoms with Gasteiger partial charge in [0.25, 0.3) is 0 Å². The molecule has 23 heavy (non-hydrogen) atoms. The third-order valence-electron chi connectivity index (χ3n) is 4.69. The van der Waals surface area contributed by atoms with Crippen LogP contribution in [0.4, 0.5) is 0 Å². The Balaban J connectivity index is 1.49. The number of carbonyl (C=O) groups excluding carboxylic acids is 3. The van der Waals surface area contributed by atoms with E-state index in [0.717, 1.165) is 31.4 Å². The SMILES string of the molecule is O=C(CCN1C(=O)C2CCCCC2C1=O)NCc1ccccn1. The molecule has 1 aromatic rings. The number of fused-ring (bicyclic) bond motifs is 1. The van der Waals surface area contributed by atoms with Crippen LogP contribution in [0, 0.1) is 11.8 Å². The summed E-state index contributed by atoms with van der Waals surface area (Å²) < 4.78 is 0. The maximum Gasteiger partial charge on any atom is 0.233 e. The smallest absolute Gasteiger partial charge is 0.233 e. The molecule has 122 valence electrons. The van der Waals surface area contributed by atoms with E-state index in [-0.39, 0.29) is 42.5 Å². The zero-order chi connectivity index (χ0) is 16.2. The van der Waals surface area contributed by atoms with Crippen molar-refractivity contribution in [1.29, 1.82) is 0 Å². The van der Waals surface area contributed by atoms with E-state index in [1.54, 1.807) is 6.20 Å². The molecule has 1 aromatic heterocycles. The highest BCUT2D eigenvalue weighted by molar-refractivity contribution is 6.05. The fraction of sp³-hybridized carbons (Fsp3) is 0.529. The number of amides is 3. The number of likely N-dealkylation sites (tertiary alicyclic amines) is 1. The van der Waals surface area contributed by atoms with Gasteiger partial charge >= 0.3 is 0 Å². The summed E-state index contributed by atoms with van der Waals surface area (Å²) in [7, 11) is 0. The van der Waals surface area contributed by atoms with Crippen molar-refractivity contribution in [3.63, 3.8) is 0 Å². The molecule has 1 saturated heterocycles. The van der Waals surface area contributed by atoms with Crippen molar-refractivity contribution in [2.75, 3.05) is 6.54 Å². The van der Waals surface area contributed by atoms with Gasteiger partial charge in [0.05, 0.1) is 24.1 Å². The van der Waals surface area contributed by atoms with E-state index in [1.165, 1.54) is 4.90 Å². The summed E-state index contributed by atoms with van der Waals surface area (Å²) in [6, 6.07) is 5.51. The Morgan fingerprint density at radius 3 is 2.48 bits per heavy atom. The lowest BCUT2D eigenvalue weighted by molar-refractivity contribution is -0.140. The highest BCUT2D eigenvalue weighted by Gasteiger charge is 2.47. The fourth-order valence-electron chi connectivity index (χ4n) is 3.44. The Morgan fingerprint density at radius 1 is 1.17 bits per heavy atom. The first-order valence-electron chi connectivity index (χ1n) is 8.18. The molecule has 1 saturated carbocycles. The molecule has 2 atom stereocenters.